The molecular weight excluding hydrogens is 448 g/mol. The van der Waals surface area contributed by atoms with Crippen molar-refractivity contribution in [3.8, 4) is 11.5 Å². The lowest BCUT2D eigenvalue weighted by molar-refractivity contribution is -0.135. The Hall–Kier alpha value is -2.81. The maximum Gasteiger partial charge on any atom is 0.324 e. The Labute approximate surface area is 207 Å². The first-order chi connectivity index (χ1) is 16.9. The van der Waals surface area contributed by atoms with E-state index in [1.54, 1.807) is 25.2 Å². The van der Waals surface area contributed by atoms with Crippen LogP contribution in [0.5, 0.6) is 11.5 Å². The summed E-state index contributed by atoms with van der Waals surface area (Å²) in [6, 6.07) is 4.84. The highest BCUT2D eigenvalue weighted by Crippen LogP contribution is 2.31. The summed E-state index contributed by atoms with van der Waals surface area (Å²) in [5.41, 5.74) is 0.923. The summed E-state index contributed by atoms with van der Waals surface area (Å²) in [7, 11) is 4.96. The molecule has 1 N–H and O–H groups in total. The quantitative estimate of drug-likeness (QED) is 0.539. The van der Waals surface area contributed by atoms with Gasteiger partial charge in [0.25, 0.3) is 5.91 Å². The Balaban J connectivity index is 1.29. The van der Waals surface area contributed by atoms with Gasteiger partial charge in [-0.25, -0.2) is 4.79 Å². The van der Waals surface area contributed by atoms with Crippen molar-refractivity contribution in [2.75, 3.05) is 47.4 Å². The molecule has 0 radical (unpaired) electrons. The number of rotatable bonds is 9. The van der Waals surface area contributed by atoms with Crippen LogP contribution in [0, 0.1) is 5.92 Å². The summed E-state index contributed by atoms with van der Waals surface area (Å²) in [4.78, 5) is 43.9. The minimum atomic E-state index is -0.805. The number of urea groups is 1. The summed E-state index contributed by atoms with van der Waals surface area (Å²) in [5, 5.41) is 2.70. The number of hydrogen-bond acceptors (Lipinski definition) is 6. The number of piperidine rings is 2. The zero-order valence-corrected chi connectivity index (χ0v) is 21.1. The fourth-order valence-corrected chi connectivity index (χ4v) is 5.78. The Bertz CT molecular complexity index is 936. The summed E-state index contributed by atoms with van der Waals surface area (Å²) in [6.07, 6.45) is 6.53. The third kappa shape index (κ3) is 5.72. The van der Waals surface area contributed by atoms with Gasteiger partial charge in [-0.2, -0.15) is 0 Å². The molecule has 3 aliphatic heterocycles. The summed E-state index contributed by atoms with van der Waals surface area (Å²) in [5.74, 6) is 1.26. The SMILES string of the molecule is COc1ccc(CCN2C(=O)NC(CC(=O)N(C)CC3CCCN4CCCCC34)C2=O)cc1OC. The largest absolute Gasteiger partial charge is 0.493 e. The summed E-state index contributed by atoms with van der Waals surface area (Å²) in [6.45, 7) is 3.28. The van der Waals surface area contributed by atoms with E-state index in [-0.39, 0.29) is 24.8 Å². The normalized spacial score (nSPS) is 24.7. The third-order valence-electron chi connectivity index (χ3n) is 7.72. The van der Waals surface area contributed by atoms with E-state index in [4.69, 9.17) is 9.47 Å². The number of imide groups is 1. The third-order valence-corrected chi connectivity index (χ3v) is 7.72. The van der Waals surface area contributed by atoms with Gasteiger partial charge in [-0.05, 0) is 68.8 Å². The van der Waals surface area contributed by atoms with Crippen LogP contribution in [0.4, 0.5) is 4.79 Å². The highest BCUT2D eigenvalue weighted by Gasteiger charge is 2.40. The predicted octanol–water partition coefficient (Wildman–Crippen LogP) is 2.28. The molecular formula is C26H38N4O5. The van der Waals surface area contributed by atoms with Crippen molar-refractivity contribution in [2.24, 2.45) is 5.92 Å². The van der Waals surface area contributed by atoms with Crippen molar-refractivity contribution >= 4 is 17.8 Å². The average molecular weight is 487 g/mol. The van der Waals surface area contributed by atoms with E-state index in [2.05, 4.69) is 10.2 Å². The molecule has 3 heterocycles. The number of amides is 4. The Morgan fingerprint density at radius 3 is 2.63 bits per heavy atom. The number of ether oxygens (including phenoxy) is 2. The maximum absolute atomic E-state index is 13.0. The molecule has 9 nitrogen and oxygen atoms in total. The van der Waals surface area contributed by atoms with Gasteiger partial charge in [0.15, 0.2) is 11.5 Å². The van der Waals surface area contributed by atoms with E-state index in [0.29, 0.717) is 36.4 Å². The lowest BCUT2D eigenvalue weighted by Gasteiger charge is -2.45. The molecule has 3 fully saturated rings. The molecule has 3 aliphatic rings. The van der Waals surface area contributed by atoms with E-state index in [1.807, 2.05) is 19.2 Å². The molecule has 192 valence electrons. The van der Waals surface area contributed by atoms with Crippen molar-refractivity contribution in [2.45, 2.75) is 57.0 Å². The minimum absolute atomic E-state index is 0.00493. The highest BCUT2D eigenvalue weighted by atomic mass is 16.5. The van der Waals surface area contributed by atoms with Gasteiger partial charge in [0, 0.05) is 26.2 Å². The van der Waals surface area contributed by atoms with E-state index in [9.17, 15) is 14.4 Å². The van der Waals surface area contributed by atoms with Crippen molar-refractivity contribution in [1.29, 1.82) is 0 Å². The molecule has 35 heavy (non-hydrogen) atoms. The van der Waals surface area contributed by atoms with Gasteiger partial charge in [0.2, 0.25) is 5.91 Å². The topological polar surface area (TPSA) is 91.4 Å². The molecule has 0 bridgehead atoms. The van der Waals surface area contributed by atoms with Crippen LogP contribution >= 0.6 is 0 Å². The average Bonchev–Trinajstić information content (AvgIpc) is 3.14. The van der Waals surface area contributed by atoms with Gasteiger partial charge in [-0.15, -0.1) is 0 Å². The number of carbonyl (C=O) groups is 3. The molecule has 0 aliphatic carbocycles. The monoisotopic (exact) mass is 486 g/mol. The number of fused-ring (bicyclic) bond motifs is 1. The van der Waals surface area contributed by atoms with Crippen LogP contribution in [0.1, 0.15) is 44.1 Å². The van der Waals surface area contributed by atoms with E-state index in [0.717, 1.165) is 12.0 Å². The Kier molecular flexibility index (Phi) is 8.15. The first-order valence-corrected chi connectivity index (χ1v) is 12.7. The lowest BCUT2D eigenvalue weighted by atomic mass is 9.83. The highest BCUT2D eigenvalue weighted by molar-refractivity contribution is 6.05. The number of methoxy groups -OCH3 is 2. The van der Waals surface area contributed by atoms with Crippen LogP contribution in [-0.4, -0.2) is 92.1 Å². The van der Waals surface area contributed by atoms with Gasteiger partial charge in [0.1, 0.15) is 6.04 Å². The fraction of sp³-hybridized carbons (Fsp3) is 0.654. The molecule has 0 aromatic heterocycles. The second-order valence-corrected chi connectivity index (χ2v) is 9.91. The number of nitrogens with zero attached hydrogens (tertiary/aromatic N) is 3. The lowest BCUT2D eigenvalue weighted by Crippen LogP contribution is -2.51. The molecule has 3 unspecified atom stereocenters. The van der Waals surface area contributed by atoms with Gasteiger partial charge in [-0.3, -0.25) is 14.5 Å². The van der Waals surface area contributed by atoms with Crippen LogP contribution in [-0.2, 0) is 16.0 Å². The Morgan fingerprint density at radius 1 is 1.09 bits per heavy atom. The number of nitrogens with one attached hydrogen (secondary N) is 1. The van der Waals surface area contributed by atoms with Crippen LogP contribution in [0.15, 0.2) is 18.2 Å². The van der Waals surface area contributed by atoms with E-state index >= 15 is 0 Å². The summed E-state index contributed by atoms with van der Waals surface area (Å²) < 4.78 is 10.6. The zero-order chi connectivity index (χ0) is 24.9. The first-order valence-electron chi connectivity index (χ1n) is 12.7. The molecule has 1 aromatic carbocycles. The van der Waals surface area contributed by atoms with Gasteiger partial charge < -0.3 is 24.6 Å². The van der Waals surface area contributed by atoms with Crippen molar-refractivity contribution in [3.63, 3.8) is 0 Å². The van der Waals surface area contributed by atoms with Gasteiger partial charge in [0.05, 0.1) is 20.6 Å². The van der Waals surface area contributed by atoms with Crippen molar-refractivity contribution in [3.05, 3.63) is 23.8 Å². The van der Waals surface area contributed by atoms with Crippen molar-refractivity contribution < 1.29 is 23.9 Å². The van der Waals surface area contributed by atoms with Gasteiger partial charge >= 0.3 is 6.03 Å². The smallest absolute Gasteiger partial charge is 0.324 e. The van der Waals surface area contributed by atoms with E-state index < -0.39 is 12.1 Å². The second-order valence-electron chi connectivity index (χ2n) is 9.91. The molecule has 0 saturated carbocycles. The predicted molar refractivity (Wildman–Crippen MR) is 131 cm³/mol. The number of carbonyl (C=O) groups excluding carboxylic acids is 3. The molecule has 1 aromatic rings. The number of benzene rings is 1. The minimum Gasteiger partial charge on any atom is -0.493 e. The molecule has 4 rings (SSSR count). The van der Waals surface area contributed by atoms with Crippen LogP contribution < -0.4 is 14.8 Å². The standard InChI is InChI=1S/C26H38N4O5/c1-28(17-19-7-6-13-29-12-5-4-8-21(19)29)24(31)16-20-25(32)30(26(33)27-20)14-11-18-9-10-22(34-2)23(15-18)35-3/h9-10,15,19-21H,4-8,11-14,16-17H2,1-3H3,(H,27,33). The molecule has 9 heteroatoms. The summed E-state index contributed by atoms with van der Waals surface area (Å²) >= 11 is 0. The van der Waals surface area contributed by atoms with Crippen LogP contribution in [0.2, 0.25) is 0 Å². The molecule has 3 saturated heterocycles. The number of hydrogen-bond donors (Lipinski definition) is 1. The van der Waals surface area contributed by atoms with E-state index in [1.165, 1.54) is 43.7 Å². The zero-order valence-electron chi connectivity index (χ0n) is 21.1. The maximum atomic E-state index is 13.0. The Morgan fingerprint density at radius 2 is 1.86 bits per heavy atom. The first kappa shape index (κ1) is 25.3. The van der Waals surface area contributed by atoms with Gasteiger partial charge in [-0.1, -0.05) is 12.5 Å². The second kappa shape index (κ2) is 11.3. The molecule has 0 spiro atoms. The molecule has 3 atom stereocenters. The van der Waals surface area contributed by atoms with Crippen LogP contribution in [0.25, 0.3) is 0 Å². The van der Waals surface area contributed by atoms with Crippen LogP contribution in [0.3, 0.4) is 0 Å². The fourth-order valence-electron chi connectivity index (χ4n) is 5.78. The molecule has 4 amide bonds. The van der Waals surface area contributed by atoms with Crippen molar-refractivity contribution in [1.82, 2.24) is 20.0 Å².